The zero-order valence-corrected chi connectivity index (χ0v) is 14.8. The van der Waals surface area contributed by atoms with E-state index in [1.807, 2.05) is 47.7 Å². The van der Waals surface area contributed by atoms with E-state index in [9.17, 15) is 0 Å². The lowest BCUT2D eigenvalue weighted by atomic mass is 10.2. The summed E-state index contributed by atoms with van der Waals surface area (Å²) in [5.41, 5.74) is 6.23. The summed E-state index contributed by atoms with van der Waals surface area (Å²) < 4.78 is 9.23. The molecule has 27 heavy (non-hydrogen) atoms. The molecule has 4 aromatic rings. The third-order valence-electron chi connectivity index (χ3n) is 4.50. The third kappa shape index (κ3) is 3.17. The molecule has 1 aromatic carbocycles. The first-order chi connectivity index (χ1) is 13.3. The van der Waals surface area contributed by atoms with Crippen LogP contribution >= 0.6 is 0 Å². The predicted molar refractivity (Wildman–Crippen MR) is 97.4 cm³/mol. The Labute approximate surface area is 155 Å². The van der Waals surface area contributed by atoms with Gasteiger partial charge in [0.1, 0.15) is 6.33 Å². The lowest BCUT2D eigenvalue weighted by Crippen LogP contribution is -2.41. The number of nitrogens with one attached hydrogen (secondary N) is 1. The highest BCUT2D eigenvalue weighted by molar-refractivity contribution is 5.62. The molecule has 8 heteroatoms. The molecule has 0 bridgehead atoms. The summed E-state index contributed by atoms with van der Waals surface area (Å²) in [6.45, 7) is 1.80. The molecule has 1 aliphatic carbocycles. The molecule has 0 aliphatic heterocycles. The number of aromatic nitrogens is 6. The molecule has 1 aliphatic rings. The number of hydrogen-bond acceptors (Lipinski definition) is 6. The maximum atomic E-state index is 5.20. The molecular weight excluding hydrogens is 342 g/mol. The minimum absolute atomic E-state index is 0.515. The molecular formula is C19H18N7O+. The number of anilines is 1. The Kier molecular flexibility index (Phi) is 3.67. The Hall–Kier alpha value is -3.55. The number of benzene rings is 1. The zero-order valence-electron chi connectivity index (χ0n) is 14.8. The fraction of sp³-hybridized carbons (Fsp3) is 0.211. The Morgan fingerprint density at radius 2 is 2.00 bits per heavy atom. The van der Waals surface area contributed by atoms with Gasteiger partial charge in [-0.1, -0.05) is 22.0 Å². The summed E-state index contributed by atoms with van der Waals surface area (Å²) in [5.74, 6) is 2.05. The molecule has 0 amide bonds. The summed E-state index contributed by atoms with van der Waals surface area (Å²) in [5, 5.41) is 12.2. The van der Waals surface area contributed by atoms with Crippen molar-refractivity contribution in [3.63, 3.8) is 0 Å². The maximum absolute atomic E-state index is 5.20. The normalized spacial score (nSPS) is 13.7. The fourth-order valence-electron chi connectivity index (χ4n) is 3.00. The molecule has 0 atom stereocenters. The highest BCUT2D eigenvalue weighted by Gasteiger charge is 2.26. The summed E-state index contributed by atoms with van der Waals surface area (Å²) in [6.07, 6.45) is 8.04. The van der Waals surface area contributed by atoms with Crippen LogP contribution in [0.2, 0.25) is 0 Å². The van der Waals surface area contributed by atoms with Crippen molar-refractivity contribution >= 4 is 5.69 Å². The van der Waals surface area contributed by atoms with Crippen molar-refractivity contribution in [2.24, 2.45) is 0 Å². The SMILES string of the molecule is Cc1noc(-c2cc[n+](Nc3cccc(-c4nncn4C4CC4)c3)cc2)n1. The van der Waals surface area contributed by atoms with E-state index in [0.29, 0.717) is 17.8 Å². The number of nitrogens with zero attached hydrogens (tertiary/aromatic N) is 6. The summed E-state index contributed by atoms with van der Waals surface area (Å²) in [6, 6.07) is 12.6. The van der Waals surface area contributed by atoms with Gasteiger partial charge in [-0.05, 0) is 31.9 Å². The average Bonchev–Trinajstić information content (AvgIpc) is 3.25. The lowest BCUT2D eigenvalue weighted by Gasteiger charge is -2.06. The van der Waals surface area contributed by atoms with E-state index in [1.165, 1.54) is 12.8 Å². The first-order valence-corrected chi connectivity index (χ1v) is 8.85. The van der Waals surface area contributed by atoms with Crippen LogP contribution in [-0.2, 0) is 0 Å². The number of aryl methyl sites for hydroxylation is 1. The Balaban J connectivity index is 1.37. The van der Waals surface area contributed by atoms with Gasteiger partial charge in [-0.3, -0.25) is 0 Å². The minimum atomic E-state index is 0.515. The van der Waals surface area contributed by atoms with Crippen molar-refractivity contribution in [2.45, 2.75) is 25.8 Å². The highest BCUT2D eigenvalue weighted by atomic mass is 16.5. The van der Waals surface area contributed by atoms with Crippen molar-refractivity contribution in [2.75, 3.05) is 5.43 Å². The molecule has 1 fully saturated rings. The zero-order chi connectivity index (χ0) is 18.2. The maximum Gasteiger partial charge on any atom is 0.258 e. The van der Waals surface area contributed by atoms with Crippen molar-refractivity contribution in [1.29, 1.82) is 0 Å². The largest absolute Gasteiger partial charge is 0.334 e. The van der Waals surface area contributed by atoms with Crippen LogP contribution in [-0.4, -0.2) is 24.9 Å². The highest BCUT2D eigenvalue weighted by Crippen LogP contribution is 2.37. The van der Waals surface area contributed by atoms with Gasteiger partial charge >= 0.3 is 0 Å². The second-order valence-corrected chi connectivity index (χ2v) is 6.63. The molecule has 134 valence electrons. The molecule has 0 radical (unpaired) electrons. The van der Waals surface area contributed by atoms with Gasteiger partial charge in [-0.15, -0.1) is 10.2 Å². The average molecular weight is 360 g/mol. The van der Waals surface area contributed by atoms with E-state index in [0.717, 1.165) is 22.6 Å². The van der Waals surface area contributed by atoms with Gasteiger partial charge in [0.25, 0.3) is 5.89 Å². The van der Waals surface area contributed by atoms with Crippen molar-refractivity contribution < 1.29 is 9.20 Å². The Bertz CT molecular complexity index is 1080. The van der Waals surface area contributed by atoms with Crippen molar-refractivity contribution in [3.8, 4) is 22.8 Å². The van der Waals surface area contributed by atoms with Gasteiger partial charge in [0.2, 0.25) is 12.4 Å². The van der Waals surface area contributed by atoms with Gasteiger partial charge in [0.05, 0.1) is 11.3 Å². The molecule has 8 nitrogen and oxygen atoms in total. The molecule has 5 rings (SSSR count). The molecule has 1 saturated carbocycles. The number of rotatable bonds is 5. The van der Waals surface area contributed by atoms with E-state index < -0.39 is 0 Å². The smallest absolute Gasteiger partial charge is 0.258 e. The number of hydrogen-bond donors (Lipinski definition) is 1. The molecule has 0 unspecified atom stereocenters. The van der Waals surface area contributed by atoms with E-state index in [1.54, 1.807) is 6.92 Å². The Morgan fingerprint density at radius 3 is 2.74 bits per heavy atom. The van der Waals surface area contributed by atoms with Crippen LogP contribution in [0.5, 0.6) is 0 Å². The second-order valence-electron chi connectivity index (χ2n) is 6.63. The van der Waals surface area contributed by atoms with Gasteiger partial charge in [-0.2, -0.15) is 10.4 Å². The minimum Gasteiger partial charge on any atom is -0.334 e. The fourth-order valence-corrected chi connectivity index (χ4v) is 3.00. The second kappa shape index (κ2) is 6.31. The van der Waals surface area contributed by atoms with Gasteiger partial charge < -0.3 is 9.09 Å². The summed E-state index contributed by atoms with van der Waals surface area (Å²) >= 11 is 0. The van der Waals surface area contributed by atoms with Gasteiger partial charge in [0, 0.05) is 23.7 Å². The van der Waals surface area contributed by atoms with Gasteiger partial charge in [0.15, 0.2) is 11.6 Å². The quantitative estimate of drug-likeness (QED) is 0.551. The lowest BCUT2D eigenvalue weighted by molar-refractivity contribution is -0.642. The predicted octanol–water partition coefficient (Wildman–Crippen LogP) is 2.80. The molecule has 0 saturated heterocycles. The molecule has 3 heterocycles. The van der Waals surface area contributed by atoms with Gasteiger partial charge in [-0.25, -0.2) is 0 Å². The first kappa shape index (κ1) is 15.7. The standard InChI is InChI=1S/C19H18N7O/c1-13-21-19(27-24-13)14-7-9-25(10-8-14)23-16-4-2-3-15(11-16)18-22-20-12-26(18)17-5-6-17/h2-4,7-12,17,23H,5-6H2,1H3/q+1. The third-order valence-corrected chi connectivity index (χ3v) is 4.50. The van der Waals surface area contributed by atoms with E-state index >= 15 is 0 Å². The van der Waals surface area contributed by atoms with Crippen molar-refractivity contribution in [3.05, 3.63) is 60.9 Å². The van der Waals surface area contributed by atoms with Crippen molar-refractivity contribution in [1.82, 2.24) is 24.9 Å². The van der Waals surface area contributed by atoms with Crippen LogP contribution in [0.25, 0.3) is 22.8 Å². The summed E-state index contributed by atoms with van der Waals surface area (Å²) in [7, 11) is 0. The van der Waals surface area contributed by atoms with Crippen LogP contribution in [0, 0.1) is 6.92 Å². The molecule has 3 aromatic heterocycles. The molecule has 0 spiro atoms. The van der Waals surface area contributed by atoms with E-state index in [4.69, 9.17) is 4.52 Å². The van der Waals surface area contributed by atoms with Crippen LogP contribution < -0.4 is 10.1 Å². The topological polar surface area (TPSA) is 85.5 Å². The van der Waals surface area contributed by atoms with Crippen LogP contribution in [0.4, 0.5) is 5.69 Å². The first-order valence-electron chi connectivity index (χ1n) is 8.85. The van der Waals surface area contributed by atoms with E-state index in [-0.39, 0.29) is 0 Å². The van der Waals surface area contributed by atoms with Crippen LogP contribution in [0.1, 0.15) is 24.7 Å². The van der Waals surface area contributed by atoms with Crippen LogP contribution in [0.3, 0.4) is 0 Å². The van der Waals surface area contributed by atoms with E-state index in [2.05, 4.69) is 42.5 Å². The number of pyridine rings is 1. The Morgan fingerprint density at radius 1 is 1.15 bits per heavy atom. The monoisotopic (exact) mass is 360 g/mol. The van der Waals surface area contributed by atoms with Crippen LogP contribution in [0.15, 0.2) is 59.6 Å². The molecule has 1 N–H and O–H groups in total. The summed E-state index contributed by atoms with van der Waals surface area (Å²) in [4.78, 5) is 4.24.